The van der Waals surface area contributed by atoms with Gasteiger partial charge in [0.05, 0.1) is 17.7 Å². The lowest BCUT2D eigenvalue weighted by Gasteiger charge is -2.21. The first-order chi connectivity index (χ1) is 13.0. The van der Waals surface area contributed by atoms with E-state index >= 15 is 0 Å². The fourth-order valence-electron chi connectivity index (χ4n) is 3.52. The van der Waals surface area contributed by atoms with Crippen LogP contribution in [-0.4, -0.2) is 23.7 Å². The van der Waals surface area contributed by atoms with Crippen LogP contribution in [-0.2, 0) is 10.2 Å². The van der Waals surface area contributed by atoms with E-state index in [1.807, 2.05) is 0 Å². The highest BCUT2D eigenvalue weighted by atomic mass is 19.4. The van der Waals surface area contributed by atoms with Crippen molar-refractivity contribution in [1.29, 1.82) is 0 Å². The molecule has 0 unspecified atom stereocenters. The molecule has 7 heteroatoms. The molecule has 1 aromatic heterocycles. The van der Waals surface area contributed by atoms with Gasteiger partial charge in [0.2, 0.25) is 0 Å². The Hall–Kier alpha value is -2.57. The van der Waals surface area contributed by atoms with Crippen LogP contribution in [0.5, 0.6) is 0 Å². The van der Waals surface area contributed by atoms with Crippen LogP contribution in [0.1, 0.15) is 52.5 Å². The van der Waals surface area contributed by atoms with Gasteiger partial charge in [0.1, 0.15) is 5.56 Å². The van der Waals surface area contributed by atoms with Crippen molar-refractivity contribution < 1.29 is 22.7 Å². The number of esters is 1. The highest BCUT2D eigenvalue weighted by Crippen LogP contribution is 2.59. The second-order valence-corrected chi connectivity index (χ2v) is 7.28. The monoisotopic (exact) mass is 393 g/mol. The van der Waals surface area contributed by atoms with E-state index in [1.165, 1.54) is 12.1 Å². The molecule has 2 aromatic rings. The Kier molecular flexibility index (Phi) is 4.89. The van der Waals surface area contributed by atoms with Crippen LogP contribution in [0.3, 0.4) is 0 Å². The van der Waals surface area contributed by atoms with Crippen molar-refractivity contribution in [2.45, 2.75) is 52.1 Å². The minimum Gasteiger partial charge on any atom is -0.462 e. The Morgan fingerprint density at radius 1 is 1.21 bits per heavy atom. The first kappa shape index (κ1) is 20.2. The fourth-order valence-corrected chi connectivity index (χ4v) is 3.52. The van der Waals surface area contributed by atoms with E-state index in [0.717, 1.165) is 0 Å². The summed E-state index contributed by atoms with van der Waals surface area (Å²) in [6, 6.07) is 4.47. The molecular weight excluding hydrogens is 371 g/mol. The molecule has 0 aliphatic heterocycles. The van der Waals surface area contributed by atoms with Crippen molar-refractivity contribution in [3.8, 4) is 11.3 Å². The maximum atomic E-state index is 13.4. The number of hydrogen-bond acceptors (Lipinski definition) is 3. The van der Waals surface area contributed by atoms with Crippen molar-refractivity contribution in [3.63, 3.8) is 0 Å². The maximum absolute atomic E-state index is 13.4. The number of alkyl halides is 3. The van der Waals surface area contributed by atoms with Gasteiger partial charge in [0.15, 0.2) is 5.43 Å². The number of hydrogen-bond donors (Lipinski definition) is 1. The number of aryl methyl sites for hydroxylation is 2. The number of carbonyl (C=O) groups is 1. The number of ether oxygens (including phenoxy) is 1. The number of nitrogens with one attached hydrogen (secondary N) is 1. The molecule has 1 saturated carbocycles. The number of carbonyl (C=O) groups excluding carboxylic acids is 1. The molecule has 1 fully saturated rings. The highest BCUT2D eigenvalue weighted by Gasteiger charge is 2.64. The highest BCUT2D eigenvalue weighted by molar-refractivity contribution is 5.96. The van der Waals surface area contributed by atoms with Gasteiger partial charge < -0.3 is 9.72 Å². The molecule has 1 N–H and O–H groups in total. The summed E-state index contributed by atoms with van der Waals surface area (Å²) in [6.07, 6.45) is -4.15. The number of rotatable bonds is 4. The molecule has 1 aliphatic carbocycles. The van der Waals surface area contributed by atoms with Crippen LogP contribution >= 0.6 is 0 Å². The van der Waals surface area contributed by atoms with E-state index in [9.17, 15) is 22.8 Å². The van der Waals surface area contributed by atoms with E-state index in [-0.39, 0.29) is 36.3 Å². The summed E-state index contributed by atoms with van der Waals surface area (Å²) >= 11 is 0. The summed E-state index contributed by atoms with van der Waals surface area (Å²) in [6.45, 7) is 6.74. The summed E-state index contributed by atoms with van der Waals surface area (Å²) in [5, 5.41) is 0. The largest absolute Gasteiger partial charge is 0.462 e. The third-order valence-corrected chi connectivity index (χ3v) is 5.51. The van der Waals surface area contributed by atoms with Crippen molar-refractivity contribution in [2.24, 2.45) is 0 Å². The Labute approximate surface area is 160 Å². The Morgan fingerprint density at radius 3 is 2.36 bits per heavy atom. The minimum atomic E-state index is -4.30. The zero-order valence-corrected chi connectivity index (χ0v) is 16.2. The van der Waals surface area contributed by atoms with Crippen LogP contribution in [0.2, 0.25) is 0 Å². The molecule has 0 radical (unpaired) electrons. The van der Waals surface area contributed by atoms with Crippen LogP contribution in [0.25, 0.3) is 11.3 Å². The lowest BCUT2D eigenvalue weighted by molar-refractivity contribution is -0.160. The predicted molar refractivity (Wildman–Crippen MR) is 99.6 cm³/mol. The first-order valence-electron chi connectivity index (χ1n) is 9.12. The van der Waals surface area contributed by atoms with Gasteiger partial charge >= 0.3 is 12.1 Å². The van der Waals surface area contributed by atoms with Gasteiger partial charge in [-0.05, 0) is 51.7 Å². The molecule has 3 rings (SSSR count). The zero-order chi connectivity index (χ0) is 20.9. The summed E-state index contributed by atoms with van der Waals surface area (Å²) in [5.41, 5.74) is 0.178. The van der Waals surface area contributed by atoms with Gasteiger partial charge in [-0.3, -0.25) is 4.79 Å². The van der Waals surface area contributed by atoms with E-state index in [0.29, 0.717) is 22.4 Å². The summed E-state index contributed by atoms with van der Waals surface area (Å²) in [4.78, 5) is 28.2. The number of aromatic amines is 1. The minimum absolute atomic E-state index is 0.0732. The van der Waals surface area contributed by atoms with E-state index in [4.69, 9.17) is 4.74 Å². The third kappa shape index (κ3) is 3.12. The number of benzene rings is 1. The molecule has 0 bridgehead atoms. The van der Waals surface area contributed by atoms with Gasteiger partial charge in [0.25, 0.3) is 0 Å². The van der Waals surface area contributed by atoms with E-state index < -0.39 is 23.0 Å². The zero-order valence-electron chi connectivity index (χ0n) is 16.2. The molecule has 1 aliphatic rings. The second-order valence-electron chi connectivity index (χ2n) is 7.28. The van der Waals surface area contributed by atoms with Crippen molar-refractivity contribution in [3.05, 3.63) is 56.4 Å². The quantitative estimate of drug-likeness (QED) is 0.764. The second kappa shape index (κ2) is 6.79. The average molecular weight is 393 g/mol. The van der Waals surface area contributed by atoms with Crippen LogP contribution in [0.4, 0.5) is 13.2 Å². The molecule has 150 valence electrons. The summed E-state index contributed by atoms with van der Waals surface area (Å²) < 4.78 is 45.3. The number of H-pyrrole nitrogens is 1. The van der Waals surface area contributed by atoms with E-state index in [1.54, 1.807) is 33.8 Å². The third-order valence-electron chi connectivity index (χ3n) is 5.51. The van der Waals surface area contributed by atoms with Crippen molar-refractivity contribution >= 4 is 5.97 Å². The topological polar surface area (TPSA) is 59.2 Å². The molecule has 0 spiro atoms. The van der Waals surface area contributed by atoms with Crippen molar-refractivity contribution in [1.82, 2.24) is 4.98 Å². The molecule has 1 heterocycles. The number of halogens is 3. The van der Waals surface area contributed by atoms with Crippen LogP contribution in [0, 0.1) is 20.8 Å². The van der Waals surface area contributed by atoms with E-state index in [2.05, 4.69) is 4.98 Å². The lowest BCUT2D eigenvalue weighted by atomic mass is 9.90. The maximum Gasteiger partial charge on any atom is 0.398 e. The molecule has 1 aromatic carbocycles. The van der Waals surface area contributed by atoms with Gasteiger partial charge in [-0.1, -0.05) is 18.2 Å². The lowest BCUT2D eigenvalue weighted by Crippen LogP contribution is -2.28. The SMILES string of the molecule is CCOC(=O)c1c(-c2ccc(C3(C(F)(F)F)CC3)cc2C)[nH]c(C)c(C)c1=O. The standard InChI is InChI=1S/C21H22F3NO3/c1-5-28-19(27)16-17(25-13(4)12(3)18(16)26)15-7-6-14(10-11(15)2)20(8-9-20)21(22,23)24/h6-7,10H,5,8-9H2,1-4H3,(H,25,26). The predicted octanol–water partition coefficient (Wildman–Crippen LogP) is 4.74. The average Bonchev–Trinajstić information content (AvgIpc) is 3.41. The van der Waals surface area contributed by atoms with Crippen LogP contribution in [0.15, 0.2) is 23.0 Å². The van der Waals surface area contributed by atoms with Crippen LogP contribution < -0.4 is 5.43 Å². The van der Waals surface area contributed by atoms with Gasteiger partial charge in [-0.25, -0.2) is 4.79 Å². The molecule has 0 atom stereocenters. The fraction of sp³-hybridized carbons (Fsp3) is 0.429. The summed E-state index contributed by atoms with van der Waals surface area (Å²) in [5.74, 6) is -0.751. The Morgan fingerprint density at radius 2 is 1.86 bits per heavy atom. The normalized spacial score (nSPS) is 15.4. The number of aromatic nitrogens is 1. The smallest absolute Gasteiger partial charge is 0.398 e. The Balaban J connectivity index is 2.17. The molecule has 4 nitrogen and oxygen atoms in total. The molecular formula is C21H22F3NO3. The number of pyridine rings is 1. The molecule has 0 amide bonds. The van der Waals surface area contributed by atoms with Crippen molar-refractivity contribution in [2.75, 3.05) is 6.61 Å². The molecule has 0 saturated heterocycles. The van der Waals surface area contributed by atoms with Gasteiger partial charge in [0, 0.05) is 16.8 Å². The Bertz CT molecular complexity index is 1000. The molecule has 28 heavy (non-hydrogen) atoms. The van der Waals surface area contributed by atoms with Gasteiger partial charge in [-0.2, -0.15) is 13.2 Å². The first-order valence-corrected chi connectivity index (χ1v) is 9.12. The van der Waals surface area contributed by atoms with Gasteiger partial charge in [-0.15, -0.1) is 0 Å². The summed E-state index contributed by atoms with van der Waals surface area (Å²) in [7, 11) is 0.